The first-order valence-corrected chi connectivity index (χ1v) is 6.58. The predicted octanol–water partition coefficient (Wildman–Crippen LogP) is 1.38. The molecule has 110 valence electrons. The number of hydrogen-bond acceptors (Lipinski definition) is 4. The number of pyridine rings is 1. The molecule has 0 aliphatic rings. The van der Waals surface area contributed by atoms with Crippen molar-refractivity contribution >= 4 is 23.3 Å². The number of carbonyl (C=O) groups is 2. The van der Waals surface area contributed by atoms with Crippen molar-refractivity contribution in [3.8, 4) is 0 Å². The standard InChI is InChI=1S/C14H22N4O2/c1-9(2)7-12(15)14(20)17-11-5-6-13(16-8-11)18(4)10(3)19/h5-6,8-9,12H,7,15H2,1-4H3,(H,17,20)/t12-/m0/s1. The molecule has 0 aliphatic heterocycles. The van der Waals surface area contributed by atoms with Gasteiger partial charge in [-0.2, -0.15) is 0 Å². The zero-order chi connectivity index (χ0) is 15.3. The van der Waals surface area contributed by atoms with Crippen molar-refractivity contribution in [1.82, 2.24) is 4.98 Å². The van der Waals surface area contributed by atoms with E-state index in [2.05, 4.69) is 10.3 Å². The maximum atomic E-state index is 11.8. The first kappa shape index (κ1) is 16.1. The molecule has 0 saturated carbocycles. The van der Waals surface area contributed by atoms with E-state index in [0.29, 0.717) is 23.8 Å². The molecule has 0 spiro atoms. The van der Waals surface area contributed by atoms with E-state index in [1.165, 1.54) is 18.0 Å². The van der Waals surface area contributed by atoms with Crippen LogP contribution in [0.25, 0.3) is 0 Å². The quantitative estimate of drug-likeness (QED) is 0.851. The summed E-state index contributed by atoms with van der Waals surface area (Å²) in [4.78, 5) is 28.6. The molecule has 6 heteroatoms. The van der Waals surface area contributed by atoms with E-state index in [1.807, 2.05) is 13.8 Å². The van der Waals surface area contributed by atoms with Gasteiger partial charge in [0, 0.05) is 14.0 Å². The van der Waals surface area contributed by atoms with Gasteiger partial charge in [0.25, 0.3) is 0 Å². The van der Waals surface area contributed by atoms with Gasteiger partial charge in [0.1, 0.15) is 5.82 Å². The number of nitrogens with zero attached hydrogens (tertiary/aromatic N) is 2. The minimum atomic E-state index is -0.533. The van der Waals surface area contributed by atoms with Crippen molar-refractivity contribution < 1.29 is 9.59 Å². The second-order valence-corrected chi connectivity index (χ2v) is 5.21. The van der Waals surface area contributed by atoms with Crippen LogP contribution < -0.4 is 16.0 Å². The summed E-state index contributed by atoms with van der Waals surface area (Å²) >= 11 is 0. The largest absolute Gasteiger partial charge is 0.323 e. The Morgan fingerprint density at radius 1 is 1.40 bits per heavy atom. The van der Waals surface area contributed by atoms with Crippen molar-refractivity contribution in [1.29, 1.82) is 0 Å². The van der Waals surface area contributed by atoms with Gasteiger partial charge in [-0.15, -0.1) is 0 Å². The van der Waals surface area contributed by atoms with E-state index in [-0.39, 0.29) is 11.8 Å². The average Bonchev–Trinajstić information content (AvgIpc) is 2.37. The van der Waals surface area contributed by atoms with Crippen LogP contribution in [-0.2, 0) is 9.59 Å². The lowest BCUT2D eigenvalue weighted by molar-refractivity contribution is -0.118. The van der Waals surface area contributed by atoms with E-state index in [1.54, 1.807) is 19.2 Å². The van der Waals surface area contributed by atoms with Crippen LogP contribution in [0.1, 0.15) is 27.2 Å². The van der Waals surface area contributed by atoms with Gasteiger partial charge in [-0.25, -0.2) is 4.98 Å². The lowest BCUT2D eigenvalue weighted by Crippen LogP contribution is -2.36. The van der Waals surface area contributed by atoms with Crippen LogP contribution in [0.4, 0.5) is 11.5 Å². The molecule has 0 aliphatic carbocycles. The van der Waals surface area contributed by atoms with Crippen molar-refractivity contribution in [2.45, 2.75) is 33.2 Å². The van der Waals surface area contributed by atoms with Gasteiger partial charge in [-0.3, -0.25) is 9.59 Å². The van der Waals surface area contributed by atoms with Crippen LogP contribution in [-0.4, -0.2) is 29.9 Å². The van der Waals surface area contributed by atoms with E-state index < -0.39 is 6.04 Å². The van der Waals surface area contributed by atoms with Gasteiger partial charge in [0.05, 0.1) is 17.9 Å². The number of nitrogens with two attached hydrogens (primary N) is 1. The number of nitrogens with one attached hydrogen (secondary N) is 1. The second-order valence-electron chi connectivity index (χ2n) is 5.21. The van der Waals surface area contributed by atoms with Gasteiger partial charge >= 0.3 is 0 Å². The lowest BCUT2D eigenvalue weighted by atomic mass is 10.0. The third kappa shape index (κ3) is 4.62. The Bertz CT molecular complexity index is 471. The summed E-state index contributed by atoms with van der Waals surface area (Å²) in [6.45, 7) is 5.49. The monoisotopic (exact) mass is 278 g/mol. The van der Waals surface area contributed by atoms with Crippen LogP contribution in [0.5, 0.6) is 0 Å². The minimum absolute atomic E-state index is 0.103. The van der Waals surface area contributed by atoms with Crippen LogP contribution in [0.3, 0.4) is 0 Å². The molecule has 1 atom stereocenters. The molecule has 1 aromatic rings. The summed E-state index contributed by atoms with van der Waals surface area (Å²) in [7, 11) is 1.64. The van der Waals surface area contributed by atoms with E-state index in [9.17, 15) is 9.59 Å². The number of rotatable bonds is 5. The predicted molar refractivity (Wildman–Crippen MR) is 79.4 cm³/mol. The Labute approximate surface area is 119 Å². The Balaban J connectivity index is 2.66. The van der Waals surface area contributed by atoms with Crippen molar-refractivity contribution in [3.05, 3.63) is 18.3 Å². The van der Waals surface area contributed by atoms with E-state index in [0.717, 1.165) is 0 Å². The highest BCUT2D eigenvalue weighted by Gasteiger charge is 2.15. The molecule has 0 fully saturated rings. The van der Waals surface area contributed by atoms with E-state index >= 15 is 0 Å². The SMILES string of the molecule is CC(=O)N(C)c1ccc(NC(=O)[C@@H](N)CC(C)C)cn1. The normalized spacial score (nSPS) is 12.1. The van der Waals surface area contributed by atoms with Gasteiger partial charge in [0.2, 0.25) is 11.8 Å². The molecule has 0 bridgehead atoms. The summed E-state index contributed by atoms with van der Waals surface area (Å²) in [6, 6.07) is 2.84. The smallest absolute Gasteiger partial charge is 0.241 e. The second kappa shape index (κ2) is 7.00. The van der Waals surface area contributed by atoms with Gasteiger partial charge in [0.15, 0.2) is 0 Å². The molecule has 1 heterocycles. The minimum Gasteiger partial charge on any atom is -0.323 e. The molecule has 3 N–H and O–H groups in total. The van der Waals surface area contributed by atoms with Crippen LogP contribution in [0.15, 0.2) is 18.3 Å². The molecular weight excluding hydrogens is 256 g/mol. The van der Waals surface area contributed by atoms with Crippen molar-refractivity contribution in [3.63, 3.8) is 0 Å². The summed E-state index contributed by atoms with van der Waals surface area (Å²) in [5.74, 6) is 0.559. The molecular formula is C14H22N4O2. The molecule has 1 aromatic heterocycles. The molecule has 0 aromatic carbocycles. The first-order valence-electron chi connectivity index (χ1n) is 6.58. The van der Waals surface area contributed by atoms with Crippen molar-refractivity contribution in [2.75, 3.05) is 17.3 Å². The number of amides is 2. The fourth-order valence-corrected chi connectivity index (χ4v) is 1.67. The van der Waals surface area contributed by atoms with Gasteiger partial charge in [-0.05, 0) is 24.5 Å². The average molecular weight is 278 g/mol. The highest BCUT2D eigenvalue weighted by molar-refractivity contribution is 5.95. The molecule has 20 heavy (non-hydrogen) atoms. The van der Waals surface area contributed by atoms with Gasteiger partial charge in [-0.1, -0.05) is 13.8 Å². The number of anilines is 2. The van der Waals surface area contributed by atoms with Crippen LogP contribution in [0, 0.1) is 5.92 Å². The zero-order valence-corrected chi connectivity index (χ0v) is 12.4. The molecule has 0 saturated heterocycles. The molecule has 0 unspecified atom stereocenters. The zero-order valence-electron chi connectivity index (χ0n) is 12.4. The number of carbonyl (C=O) groups excluding carboxylic acids is 2. The molecule has 0 radical (unpaired) electrons. The number of aromatic nitrogens is 1. The Kier molecular flexibility index (Phi) is 5.64. The van der Waals surface area contributed by atoms with Crippen LogP contribution >= 0.6 is 0 Å². The third-order valence-corrected chi connectivity index (χ3v) is 2.89. The fraction of sp³-hybridized carbons (Fsp3) is 0.500. The third-order valence-electron chi connectivity index (χ3n) is 2.89. The highest BCUT2D eigenvalue weighted by Crippen LogP contribution is 2.14. The Hall–Kier alpha value is -1.95. The van der Waals surface area contributed by atoms with Gasteiger partial charge < -0.3 is 16.0 Å². The summed E-state index contributed by atoms with van der Waals surface area (Å²) < 4.78 is 0. The maximum absolute atomic E-state index is 11.8. The van der Waals surface area contributed by atoms with Crippen LogP contribution in [0.2, 0.25) is 0 Å². The Morgan fingerprint density at radius 2 is 2.05 bits per heavy atom. The van der Waals surface area contributed by atoms with Crippen molar-refractivity contribution in [2.24, 2.45) is 11.7 Å². The molecule has 1 rings (SSSR count). The topological polar surface area (TPSA) is 88.3 Å². The summed E-state index contributed by atoms with van der Waals surface area (Å²) in [5, 5.41) is 2.71. The maximum Gasteiger partial charge on any atom is 0.241 e. The lowest BCUT2D eigenvalue weighted by Gasteiger charge is -2.16. The fourth-order valence-electron chi connectivity index (χ4n) is 1.67. The summed E-state index contributed by atoms with van der Waals surface area (Å²) in [6.07, 6.45) is 2.14. The molecule has 2 amide bonds. The number of hydrogen-bond donors (Lipinski definition) is 2. The molecule has 6 nitrogen and oxygen atoms in total. The summed E-state index contributed by atoms with van der Waals surface area (Å²) in [5.41, 5.74) is 6.36. The van der Waals surface area contributed by atoms with E-state index in [4.69, 9.17) is 5.73 Å². The first-order chi connectivity index (χ1) is 9.31. The Morgan fingerprint density at radius 3 is 2.50 bits per heavy atom. The highest BCUT2D eigenvalue weighted by atomic mass is 16.2.